The first kappa shape index (κ1) is 22.6. The van der Waals surface area contributed by atoms with Crippen LogP contribution in [-0.4, -0.2) is 46.8 Å². The maximum atomic E-state index is 13.3. The Morgan fingerprint density at radius 1 is 1.16 bits per heavy atom. The van der Waals surface area contributed by atoms with E-state index < -0.39 is 37.3 Å². The average molecular weight is 461 g/mol. The van der Waals surface area contributed by atoms with Crippen molar-refractivity contribution in [3.8, 4) is 5.75 Å². The summed E-state index contributed by atoms with van der Waals surface area (Å²) in [4.78, 5) is 11.4. The molecule has 0 aromatic heterocycles. The van der Waals surface area contributed by atoms with Gasteiger partial charge in [0.05, 0.1) is 42.2 Å². The van der Waals surface area contributed by atoms with Crippen molar-refractivity contribution in [1.82, 2.24) is 0 Å². The van der Waals surface area contributed by atoms with Crippen LogP contribution in [0.4, 0.5) is 30.2 Å². The first-order valence-corrected chi connectivity index (χ1v) is 10.4. The van der Waals surface area contributed by atoms with Gasteiger partial charge >= 0.3 is 6.18 Å². The van der Waals surface area contributed by atoms with Gasteiger partial charge in [0.2, 0.25) is 0 Å². The minimum atomic E-state index is -4.70. The van der Waals surface area contributed by atoms with Gasteiger partial charge in [-0.1, -0.05) is 0 Å². The molecule has 13 heteroatoms. The van der Waals surface area contributed by atoms with Crippen molar-refractivity contribution >= 4 is 27.1 Å². The fourth-order valence-corrected chi connectivity index (χ4v) is 4.32. The molecule has 3 rings (SSSR count). The van der Waals surface area contributed by atoms with Crippen molar-refractivity contribution in [2.45, 2.75) is 11.1 Å². The van der Waals surface area contributed by atoms with Crippen molar-refractivity contribution in [3.63, 3.8) is 0 Å². The summed E-state index contributed by atoms with van der Waals surface area (Å²) in [6, 6.07) is 5.66. The number of halogens is 3. The standard InChI is InChI=1S/C18H18F3N3O6S/c1-29-16-5-3-13(24(25)26)11-17(16)31(27,28)22-14-10-12(18(19,20)21)2-4-15(14)23-6-8-30-9-7-23/h2-5,10-11,22H,6-9H2,1H3. The summed E-state index contributed by atoms with van der Waals surface area (Å²) < 4.78 is 78.1. The predicted molar refractivity (Wildman–Crippen MR) is 105 cm³/mol. The van der Waals surface area contributed by atoms with Crippen LogP contribution in [0.1, 0.15) is 5.56 Å². The molecule has 0 radical (unpaired) electrons. The summed E-state index contributed by atoms with van der Waals surface area (Å²) in [5, 5.41) is 11.1. The molecule has 1 fully saturated rings. The van der Waals surface area contributed by atoms with Crippen LogP contribution in [0.25, 0.3) is 0 Å². The Labute approximate surface area is 175 Å². The monoisotopic (exact) mass is 461 g/mol. The highest BCUT2D eigenvalue weighted by atomic mass is 32.2. The number of hydrogen-bond donors (Lipinski definition) is 1. The number of hydrogen-bond acceptors (Lipinski definition) is 7. The molecule has 9 nitrogen and oxygen atoms in total. The second kappa shape index (κ2) is 8.59. The number of non-ortho nitro benzene ring substituents is 1. The number of anilines is 2. The lowest BCUT2D eigenvalue weighted by molar-refractivity contribution is -0.385. The highest BCUT2D eigenvalue weighted by molar-refractivity contribution is 7.92. The van der Waals surface area contributed by atoms with Gasteiger partial charge in [-0.25, -0.2) is 8.42 Å². The Bertz CT molecular complexity index is 1090. The molecule has 0 bridgehead atoms. The molecule has 1 aliphatic heterocycles. The van der Waals surface area contributed by atoms with Gasteiger partial charge in [0, 0.05) is 25.2 Å². The van der Waals surface area contributed by atoms with E-state index in [0.29, 0.717) is 32.4 Å². The van der Waals surface area contributed by atoms with Crippen LogP contribution in [0.15, 0.2) is 41.3 Å². The summed E-state index contributed by atoms with van der Waals surface area (Å²) in [6.07, 6.45) is -4.70. The topological polar surface area (TPSA) is 111 Å². The molecule has 0 aliphatic carbocycles. The molecule has 0 atom stereocenters. The highest BCUT2D eigenvalue weighted by Gasteiger charge is 2.33. The third kappa shape index (κ3) is 4.99. The number of rotatable bonds is 6. The largest absolute Gasteiger partial charge is 0.495 e. The molecule has 1 N–H and O–H groups in total. The summed E-state index contributed by atoms with van der Waals surface area (Å²) in [5.41, 5.74) is -1.65. The van der Waals surface area contributed by atoms with E-state index in [-0.39, 0.29) is 17.1 Å². The highest BCUT2D eigenvalue weighted by Crippen LogP contribution is 2.38. The van der Waals surface area contributed by atoms with Gasteiger partial charge in [-0.3, -0.25) is 14.8 Å². The van der Waals surface area contributed by atoms with Crippen LogP contribution in [0.5, 0.6) is 5.75 Å². The molecule has 0 saturated carbocycles. The van der Waals surface area contributed by atoms with Crippen LogP contribution in [-0.2, 0) is 20.9 Å². The van der Waals surface area contributed by atoms with E-state index in [2.05, 4.69) is 4.72 Å². The number of nitrogens with one attached hydrogen (secondary N) is 1. The number of morpholine rings is 1. The van der Waals surface area contributed by atoms with Gasteiger partial charge in [0.15, 0.2) is 0 Å². The molecule has 2 aromatic carbocycles. The summed E-state index contributed by atoms with van der Waals surface area (Å²) >= 11 is 0. The molecule has 1 heterocycles. The Hall–Kier alpha value is -3.06. The number of sulfonamides is 1. The van der Waals surface area contributed by atoms with Crippen LogP contribution in [0, 0.1) is 10.1 Å². The van der Waals surface area contributed by atoms with Gasteiger partial charge in [0.1, 0.15) is 10.6 Å². The SMILES string of the molecule is COc1ccc([N+](=O)[O-])cc1S(=O)(=O)Nc1cc(C(F)(F)F)ccc1N1CCOCC1. The van der Waals surface area contributed by atoms with Gasteiger partial charge < -0.3 is 14.4 Å². The zero-order valence-electron chi connectivity index (χ0n) is 16.2. The number of nitrogens with zero attached hydrogens (tertiary/aromatic N) is 2. The molecular weight excluding hydrogens is 443 g/mol. The molecule has 31 heavy (non-hydrogen) atoms. The molecule has 2 aromatic rings. The van der Waals surface area contributed by atoms with Gasteiger partial charge in [-0.15, -0.1) is 0 Å². The number of methoxy groups -OCH3 is 1. The van der Waals surface area contributed by atoms with Crippen LogP contribution >= 0.6 is 0 Å². The quantitative estimate of drug-likeness (QED) is 0.519. The Morgan fingerprint density at radius 2 is 1.84 bits per heavy atom. The molecule has 0 amide bonds. The van der Waals surface area contributed by atoms with E-state index in [0.717, 1.165) is 24.3 Å². The summed E-state index contributed by atoms with van der Waals surface area (Å²) in [7, 11) is -3.37. The molecule has 1 aliphatic rings. The smallest absolute Gasteiger partial charge is 0.416 e. The lowest BCUT2D eigenvalue weighted by Crippen LogP contribution is -2.36. The van der Waals surface area contributed by atoms with E-state index in [1.54, 1.807) is 4.90 Å². The second-order valence-corrected chi connectivity index (χ2v) is 8.18. The van der Waals surface area contributed by atoms with Crippen LogP contribution in [0.3, 0.4) is 0 Å². The second-order valence-electron chi connectivity index (χ2n) is 6.53. The van der Waals surface area contributed by atoms with Crippen molar-refractivity contribution in [2.75, 3.05) is 43.0 Å². The van der Waals surface area contributed by atoms with Crippen molar-refractivity contribution in [3.05, 3.63) is 52.1 Å². The average Bonchev–Trinajstić information content (AvgIpc) is 2.73. The van der Waals surface area contributed by atoms with Gasteiger partial charge in [-0.05, 0) is 24.3 Å². The third-order valence-corrected chi connectivity index (χ3v) is 5.95. The lowest BCUT2D eigenvalue weighted by Gasteiger charge is -2.31. The van der Waals surface area contributed by atoms with E-state index >= 15 is 0 Å². The predicted octanol–water partition coefficient (Wildman–Crippen LogP) is 3.26. The van der Waals surface area contributed by atoms with Crippen LogP contribution < -0.4 is 14.4 Å². The fourth-order valence-electron chi connectivity index (χ4n) is 3.06. The third-order valence-electron chi connectivity index (χ3n) is 4.57. The number of nitro groups is 1. The van der Waals surface area contributed by atoms with E-state index in [1.807, 2.05) is 0 Å². The minimum absolute atomic E-state index is 0.196. The first-order valence-electron chi connectivity index (χ1n) is 8.92. The molecule has 1 saturated heterocycles. The zero-order valence-corrected chi connectivity index (χ0v) is 17.0. The molecule has 0 spiro atoms. The number of benzene rings is 2. The molecule has 168 valence electrons. The molecule has 0 unspecified atom stereocenters. The van der Waals surface area contributed by atoms with Crippen molar-refractivity contribution < 1.29 is 36.0 Å². The van der Waals surface area contributed by atoms with Crippen molar-refractivity contribution in [1.29, 1.82) is 0 Å². The minimum Gasteiger partial charge on any atom is -0.495 e. The Kier molecular flexibility index (Phi) is 6.27. The zero-order chi connectivity index (χ0) is 22.8. The number of nitro benzene ring substituents is 1. The number of ether oxygens (including phenoxy) is 2. The maximum absolute atomic E-state index is 13.3. The van der Waals surface area contributed by atoms with Crippen molar-refractivity contribution in [2.24, 2.45) is 0 Å². The molecular formula is C18H18F3N3O6S. The summed E-state index contributed by atoms with van der Waals surface area (Å²) in [6.45, 7) is 1.35. The normalized spacial score (nSPS) is 14.9. The first-order chi connectivity index (χ1) is 14.5. The van der Waals surface area contributed by atoms with E-state index in [4.69, 9.17) is 9.47 Å². The van der Waals surface area contributed by atoms with Gasteiger partial charge in [-0.2, -0.15) is 13.2 Å². The van der Waals surface area contributed by atoms with Crippen LogP contribution in [0.2, 0.25) is 0 Å². The Balaban J connectivity index is 2.09. The van der Waals surface area contributed by atoms with Gasteiger partial charge in [0.25, 0.3) is 15.7 Å². The lowest BCUT2D eigenvalue weighted by atomic mass is 10.1. The maximum Gasteiger partial charge on any atom is 0.416 e. The van der Waals surface area contributed by atoms with E-state index in [1.165, 1.54) is 13.2 Å². The fraction of sp³-hybridized carbons (Fsp3) is 0.333. The van der Waals surface area contributed by atoms with E-state index in [9.17, 15) is 31.7 Å². The Morgan fingerprint density at radius 3 is 2.42 bits per heavy atom. The number of alkyl halides is 3. The summed E-state index contributed by atoms with van der Waals surface area (Å²) in [5.74, 6) is -0.196.